The number of benzene rings is 1. The van der Waals surface area contributed by atoms with Crippen LogP contribution in [-0.2, 0) is 10.0 Å². The largest absolute Gasteiger partial charge is 0.240 e. The number of aryl methyl sites for hydroxylation is 1. The molecule has 1 N–H and O–H groups in total. The zero-order chi connectivity index (χ0) is 10.8. The quantitative estimate of drug-likeness (QED) is 0.832. The molecule has 78 valence electrons. The van der Waals surface area contributed by atoms with Gasteiger partial charge in [0, 0.05) is 6.54 Å². The molecule has 0 saturated carbocycles. The molecule has 0 aliphatic heterocycles. The van der Waals surface area contributed by atoms with Crippen LogP contribution in [0.2, 0.25) is 0 Å². The Kier molecular flexibility index (Phi) is 3.23. The highest BCUT2D eigenvalue weighted by atomic mass is 32.2. The molecule has 0 heterocycles. The molecule has 0 aliphatic carbocycles. The van der Waals surface area contributed by atoms with Gasteiger partial charge in [-0.05, 0) is 30.7 Å². The third kappa shape index (κ3) is 2.30. The van der Waals surface area contributed by atoms with Gasteiger partial charge in [0.2, 0.25) is 10.0 Å². The molecule has 1 aromatic carbocycles. The Morgan fingerprint density at radius 3 is 2.57 bits per heavy atom. The second-order valence-electron chi connectivity index (χ2n) is 2.91. The van der Waals surface area contributed by atoms with Crippen LogP contribution >= 0.6 is 0 Å². The van der Waals surface area contributed by atoms with Crippen LogP contribution in [0.3, 0.4) is 0 Å². The second kappa shape index (κ2) is 4.06. The standard InChI is InChI=1S/C9H12FNO2S/c1-3-11-14(12,13)9-5-4-8(10)6-7(9)2/h4-6,11H,3H2,1-2H3. The molecule has 0 spiro atoms. The van der Waals surface area contributed by atoms with Crippen molar-refractivity contribution < 1.29 is 12.8 Å². The van der Waals surface area contributed by atoms with Crippen molar-refractivity contribution in [2.24, 2.45) is 0 Å². The van der Waals surface area contributed by atoms with Crippen molar-refractivity contribution in [3.63, 3.8) is 0 Å². The van der Waals surface area contributed by atoms with Crippen LogP contribution in [-0.4, -0.2) is 15.0 Å². The predicted octanol–water partition coefficient (Wildman–Crippen LogP) is 1.43. The normalized spacial score (nSPS) is 11.6. The molecule has 0 fully saturated rings. The minimum atomic E-state index is -3.47. The highest BCUT2D eigenvalue weighted by Crippen LogP contribution is 2.15. The zero-order valence-electron chi connectivity index (χ0n) is 8.04. The minimum absolute atomic E-state index is 0.126. The lowest BCUT2D eigenvalue weighted by molar-refractivity contribution is 0.582. The first-order chi connectivity index (χ1) is 6.47. The van der Waals surface area contributed by atoms with E-state index in [-0.39, 0.29) is 4.90 Å². The van der Waals surface area contributed by atoms with Gasteiger partial charge in [-0.1, -0.05) is 6.92 Å². The first kappa shape index (κ1) is 11.1. The van der Waals surface area contributed by atoms with E-state index in [0.717, 1.165) is 6.07 Å². The van der Waals surface area contributed by atoms with E-state index in [1.54, 1.807) is 13.8 Å². The van der Waals surface area contributed by atoms with Crippen molar-refractivity contribution in [1.82, 2.24) is 4.72 Å². The lowest BCUT2D eigenvalue weighted by Crippen LogP contribution is -2.23. The summed E-state index contributed by atoms with van der Waals surface area (Å²) in [4.78, 5) is 0.126. The number of sulfonamides is 1. The van der Waals surface area contributed by atoms with Gasteiger partial charge in [0.05, 0.1) is 4.90 Å². The van der Waals surface area contributed by atoms with E-state index >= 15 is 0 Å². The molecule has 3 nitrogen and oxygen atoms in total. The molecular formula is C9H12FNO2S. The summed E-state index contributed by atoms with van der Waals surface area (Å²) in [5.41, 5.74) is 0.408. The molecular weight excluding hydrogens is 205 g/mol. The topological polar surface area (TPSA) is 46.2 Å². The van der Waals surface area contributed by atoms with Crippen molar-refractivity contribution >= 4 is 10.0 Å². The number of halogens is 1. The molecule has 0 aliphatic rings. The number of hydrogen-bond donors (Lipinski definition) is 1. The summed E-state index contributed by atoms with van der Waals surface area (Å²) in [6.45, 7) is 3.57. The first-order valence-electron chi connectivity index (χ1n) is 4.23. The van der Waals surface area contributed by atoms with Gasteiger partial charge < -0.3 is 0 Å². The monoisotopic (exact) mass is 217 g/mol. The van der Waals surface area contributed by atoms with E-state index in [1.165, 1.54) is 12.1 Å². The van der Waals surface area contributed by atoms with E-state index in [4.69, 9.17) is 0 Å². The number of nitrogens with one attached hydrogen (secondary N) is 1. The molecule has 0 atom stereocenters. The van der Waals surface area contributed by atoms with Gasteiger partial charge in [0.15, 0.2) is 0 Å². The van der Waals surface area contributed by atoms with Crippen LogP contribution in [0, 0.1) is 12.7 Å². The summed E-state index contributed by atoms with van der Waals surface area (Å²) in [5, 5.41) is 0. The average molecular weight is 217 g/mol. The lowest BCUT2D eigenvalue weighted by atomic mass is 10.2. The van der Waals surface area contributed by atoms with Crippen LogP contribution in [0.4, 0.5) is 4.39 Å². The summed E-state index contributed by atoms with van der Waals surface area (Å²) in [5.74, 6) is -0.432. The van der Waals surface area contributed by atoms with Gasteiger partial charge in [0.25, 0.3) is 0 Å². The zero-order valence-corrected chi connectivity index (χ0v) is 8.86. The smallest absolute Gasteiger partial charge is 0.211 e. The number of hydrogen-bond acceptors (Lipinski definition) is 2. The fourth-order valence-corrected chi connectivity index (χ4v) is 2.45. The van der Waals surface area contributed by atoms with Gasteiger partial charge in [-0.2, -0.15) is 0 Å². The maximum Gasteiger partial charge on any atom is 0.240 e. The van der Waals surface area contributed by atoms with Gasteiger partial charge in [-0.3, -0.25) is 0 Å². The van der Waals surface area contributed by atoms with Crippen molar-refractivity contribution in [2.45, 2.75) is 18.7 Å². The molecule has 5 heteroatoms. The highest BCUT2D eigenvalue weighted by Gasteiger charge is 2.15. The fourth-order valence-electron chi connectivity index (χ4n) is 1.18. The lowest BCUT2D eigenvalue weighted by Gasteiger charge is -2.07. The molecule has 1 rings (SSSR count). The third-order valence-electron chi connectivity index (χ3n) is 1.76. The van der Waals surface area contributed by atoms with Gasteiger partial charge in [-0.15, -0.1) is 0 Å². The van der Waals surface area contributed by atoms with E-state index in [0.29, 0.717) is 12.1 Å². The Labute approximate surface area is 83.0 Å². The molecule has 0 amide bonds. The van der Waals surface area contributed by atoms with E-state index in [2.05, 4.69) is 4.72 Å². The molecule has 0 radical (unpaired) electrons. The minimum Gasteiger partial charge on any atom is -0.211 e. The Bertz CT molecular complexity index is 428. The SMILES string of the molecule is CCNS(=O)(=O)c1ccc(F)cc1C. The van der Waals surface area contributed by atoms with Gasteiger partial charge in [0.1, 0.15) is 5.82 Å². The summed E-state index contributed by atoms with van der Waals surface area (Å²) in [6.07, 6.45) is 0. The molecule has 14 heavy (non-hydrogen) atoms. The van der Waals surface area contributed by atoms with Crippen molar-refractivity contribution in [2.75, 3.05) is 6.54 Å². The van der Waals surface area contributed by atoms with Crippen molar-refractivity contribution in [3.05, 3.63) is 29.6 Å². The molecule has 0 aromatic heterocycles. The van der Waals surface area contributed by atoms with Gasteiger partial charge in [-0.25, -0.2) is 17.5 Å². The summed E-state index contributed by atoms with van der Waals surface area (Å²) in [7, 11) is -3.47. The summed E-state index contributed by atoms with van der Waals surface area (Å²) < 4.78 is 38.1. The van der Waals surface area contributed by atoms with Crippen LogP contribution in [0.1, 0.15) is 12.5 Å². The van der Waals surface area contributed by atoms with Crippen molar-refractivity contribution in [1.29, 1.82) is 0 Å². The Morgan fingerprint density at radius 2 is 2.07 bits per heavy atom. The highest BCUT2D eigenvalue weighted by molar-refractivity contribution is 7.89. The first-order valence-corrected chi connectivity index (χ1v) is 5.71. The van der Waals surface area contributed by atoms with Crippen LogP contribution in [0.5, 0.6) is 0 Å². The van der Waals surface area contributed by atoms with Crippen LogP contribution < -0.4 is 4.72 Å². The van der Waals surface area contributed by atoms with Crippen LogP contribution in [0.25, 0.3) is 0 Å². The molecule has 0 unspecified atom stereocenters. The second-order valence-corrected chi connectivity index (χ2v) is 4.65. The van der Waals surface area contributed by atoms with Crippen molar-refractivity contribution in [3.8, 4) is 0 Å². The maximum absolute atomic E-state index is 12.7. The molecule has 0 saturated heterocycles. The molecule has 1 aromatic rings. The summed E-state index contributed by atoms with van der Waals surface area (Å²) >= 11 is 0. The number of rotatable bonds is 3. The Hall–Kier alpha value is -0.940. The summed E-state index contributed by atoms with van der Waals surface area (Å²) in [6, 6.07) is 3.60. The predicted molar refractivity (Wildman–Crippen MR) is 52.0 cm³/mol. The van der Waals surface area contributed by atoms with E-state index in [1.807, 2.05) is 0 Å². The average Bonchev–Trinajstić information content (AvgIpc) is 2.02. The van der Waals surface area contributed by atoms with E-state index < -0.39 is 15.8 Å². The van der Waals surface area contributed by atoms with E-state index in [9.17, 15) is 12.8 Å². The fraction of sp³-hybridized carbons (Fsp3) is 0.333. The Balaban J connectivity index is 3.20. The van der Waals surface area contributed by atoms with Gasteiger partial charge >= 0.3 is 0 Å². The Morgan fingerprint density at radius 1 is 1.43 bits per heavy atom. The third-order valence-corrected chi connectivity index (χ3v) is 3.47. The molecule has 0 bridgehead atoms. The maximum atomic E-state index is 12.7. The van der Waals surface area contributed by atoms with Crippen LogP contribution in [0.15, 0.2) is 23.1 Å².